The molecule has 0 radical (unpaired) electrons. The Bertz CT molecular complexity index is 268. The summed E-state index contributed by atoms with van der Waals surface area (Å²) < 4.78 is 7.20. The molecule has 0 amide bonds. The van der Waals surface area contributed by atoms with Gasteiger partial charge in [0.25, 0.3) is 0 Å². The molecule has 0 atom stereocenters. The molecule has 1 aliphatic rings. The van der Waals surface area contributed by atoms with Gasteiger partial charge in [0.05, 0.1) is 0 Å². The second-order valence-electron chi connectivity index (χ2n) is 3.16. The van der Waals surface area contributed by atoms with Gasteiger partial charge in [0.15, 0.2) is 5.82 Å². The molecule has 2 rings (SSSR count). The molecule has 1 aliphatic heterocycles. The summed E-state index contributed by atoms with van der Waals surface area (Å²) >= 11 is 0. The average Bonchev–Trinajstić information content (AvgIpc) is 2.67. The zero-order chi connectivity index (χ0) is 9.10. The Balaban J connectivity index is 2.13. The molecule has 72 valence electrons. The maximum atomic E-state index is 8.98. The Kier molecular flexibility index (Phi) is 2.56. The van der Waals surface area contributed by atoms with Gasteiger partial charge in [-0.25, -0.2) is 0 Å². The van der Waals surface area contributed by atoms with Crippen LogP contribution in [0, 0.1) is 0 Å². The molecule has 13 heavy (non-hydrogen) atoms. The molecule has 0 saturated carbocycles. The van der Waals surface area contributed by atoms with Crippen molar-refractivity contribution >= 4 is 0 Å². The molecule has 1 fully saturated rings. The molecule has 5 heteroatoms. The molecule has 0 aromatic carbocycles. The van der Waals surface area contributed by atoms with Crippen molar-refractivity contribution in [3.05, 3.63) is 12.2 Å². The summed E-state index contributed by atoms with van der Waals surface area (Å²) in [6.07, 6.45) is 3.64. The van der Waals surface area contributed by atoms with Crippen LogP contribution in [0.3, 0.4) is 0 Å². The molecular formula is C8H13N3O2. The highest BCUT2D eigenvalue weighted by Gasteiger charge is 2.17. The zero-order valence-electron chi connectivity index (χ0n) is 7.39. The Labute approximate surface area is 76.3 Å². The van der Waals surface area contributed by atoms with Crippen LogP contribution in [-0.2, 0) is 11.3 Å². The molecular weight excluding hydrogens is 170 g/mol. The molecule has 0 aliphatic carbocycles. The van der Waals surface area contributed by atoms with Crippen molar-refractivity contribution in [1.29, 1.82) is 0 Å². The summed E-state index contributed by atoms with van der Waals surface area (Å²) in [5.41, 5.74) is 0. The largest absolute Gasteiger partial charge is 0.388 e. The van der Waals surface area contributed by atoms with E-state index < -0.39 is 0 Å². The summed E-state index contributed by atoms with van der Waals surface area (Å²) in [5.74, 6) is 0.645. The number of ether oxygens (including phenoxy) is 1. The third-order valence-corrected chi connectivity index (χ3v) is 2.37. The number of hydrogen-bond acceptors (Lipinski definition) is 4. The third-order valence-electron chi connectivity index (χ3n) is 2.37. The Hall–Kier alpha value is -0.940. The zero-order valence-corrected chi connectivity index (χ0v) is 7.39. The van der Waals surface area contributed by atoms with Crippen LogP contribution in [0.2, 0.25) is 0 Å². The van der Waals surface area contributed by atoms with Crippen molar-refractivity contribution in [2.45, 2.75) is 25.5 Å². The predicted octanol–water partition coefficient (Wildman–Crippen LogP) is 0.122. The van der Waals surface area contributed by atoms with Gasteiger partial charge in [0.2, 0.25) is 0 Å². The maximum Gasteiger partial charge on any atom is 0.158 e. The number of hydrogen-bond donors (Lipinski definition) is 1. The van der Waals surface area contributed by atoms with Crippen LogP contribution in [-0.4, -0.2) is 33.1 Å². The van der Waals surface area contributed by atoms with Gasteiger partial charge in [-0.1, -0.05) is 0 Å². The Morgan fingerprint density at radius 2 is 2.31 bits per heavy atom. The van der Waals surface area contributed by atoms with E-state index in [2.05, 4.69) is 10.2 Å². The van der Waals surface area contributed by atoms with Crippen LogP contribution < -0.4 is 0 Å². The van der Waals surface area contributed by atoms with E-state index in [4.69, 9.17) is 9.84 Å². The molecule has 2 heterocycles. The van der Waals surface area contributed by atoms with Crippen molar-refractivity contribution in [1.82, 2.24) is 14.8 Å². The maximum absolute atomic E-state index is 8.98. The fraction of sp³-hybridized carbons (Fsp3) is 0.750. The van der Waals surface area contributed by atoms with Crippen LogP contribution in [0.4, 0.5) is 0 Å². The third kappa shape index (κ3) is 1.71. The van der Waals surface area contributed by atoms with E-state index in [1.54, 1.807) is 6.33 Å². The topological polar surface area (TPSA) is 60.2 Å². The number of nitrogens with zero attached hydrogens (tertiary/aromatic N) is 3. The smallest absolute Gasteiger partial charge is 0.158 e. The highest BCUT2D eigenvalue weighted by Crippen LogP contribution is 2.21. The fourth-order valence-corrected chi connectivity index (χ4v) is 1.65. The normalized spacial score (nSPS) is 19.2. The summed E-state index contributed by atoms with van der Waals surface area (Å²) in [7, 11) is 0. The highest BCUT2D eigenvalue weighted by molar-refractivity contribution is 4.88. The number of aliphatic hydroxyl groups excluding tert-OH is 1. The molecule has 0 bridgehead atoms. The van der Waals surface area contributed by atoms with Crippen LogP contribution in [0.15, 0.2) is 6.33 Å². The minimum Gasteiger partial charge on any atom is -0.388 e. The second-order valence-corrected chi connectivity index (χ2v) is 3.16. The van der Waals surface area contributed by atoms with E-state index in [0.29, 0.717) is 11.9 Å². The van der Waals surface area contributed by atoms with Gasteiger partial charge in [-0.2, -0.15) is 0 Å². The SMILES string of the molecule is OCc1nncn1C1CCOCC1. The van der Waals surface area contributed by atoms with E-state index in [9.17, 15) is 0 Å². The molecule has 0 spiro atoms. The first-order valence-electron chi connectivity index (χ1n) is 4.49. The standard InChI is InChI=1S/C8H13N3O2/c12-5-8-10-9-6-11(8)7-1-3-13-4-2-7/h6-7,12H,1-5H2. The summed E-state index contributed by atoms with van der Waals surface area (Å²) in [6.45, 7) is 1.53. The first-order chi connectivity index (χ1) is 6.42. The van der Waals surface area contributed by atoms with Crippen LogP contribution in [0.1, 0.15) is 24.7 Å². The first kappa shape index (κ1) is 8.65. The van der Waals surface area contributed by atoms with Crippen molar-refractivity contribution in [3.8, 4) is 0 Å². The van der Waals surface area contributed by atoms with E-state index >= 15 is 0 Å². The van der Waals surface area contributed by atoms with Gasteiger partial charge in [-0.05, 0) is 12.8 Å². The van der Waals surface area contributed by atoms with E-state index in [1.807, 2.05) is 4.57 Å². The summed E-state index contributed by atoms with van der Waals surface area (Å²) in [5, 5.41) is 16.6. The molecule has 1 saturated heterocycles. The van der Waals surface area contributed by atoms with Gasteiger partial charge in [0, 0.05) is 19.3 Å². The van der Waals surface area contributed by atoms with Crippen molar-refractivity contribution in [2.75, 3.05) is 13.2 Å². The molecule has 5 nitrogen and oxygen atoms in total. The first-order valence-corrected chi connectivity index (χ1v) is 4.49. The highest BCUT2D eigenvalue weighted by atomic mass is 16.5. The lowest BCUT2D eigenvalue weighted by molar-refractivity contribution is 0.0675. The Morgan fingerprint density at radius 1 is 1.54 bits per heavy atom. The van der Waals surface area contributed by atoms with Crippen molar-refractivity contribution in [3.63, 3.8) is 0 Å². The van der Waals surface area contributed by atoms with Gasteiger partial charge < -0.3 is 14.4 Å². The number of rotatable bonds is 2. The van der Waals surface area contributed by atoms with Crippen LogP contribution in [0.5, 0.6) is 0 Å². The lowest BCUT2D eigenvalue weighted by atomic mass is 10.1. The predicted molar refractivity (Wildman–Crippen MR) is 45.0 cm³/mol. The van der Waals surface area contributed by atoms with Crippen LogP contribution in [0.25, 0.3) is 0 Å². The fourth-order valence-electron chi connectivity index (χ4n) is 1.65. The molecule has 1 N–H and O–H groups in total. The molecule has 0 unspecified atom stereocenters. The Morgan fingerprint density at radius 3 is 3.00 bits per heavy atom. The lowest BCUT2D eigenvalue weighted by Gasteiger charge is -2.23. The number of aliphatic hydroxyl groups is 1. The molecule has 1 aromatic rings. The van der Waals surface area contributed by atoms with Gasteiger partial charge >= 0.3 is 0 Å². The van der Waals surface area contributed by atoms with Crippen LogP contribution >= 0.6 is 0 Å². The van der Waals surface area contributed by atoms with Gasteiger partial charge in [0.1, 0.15) is 12.9 Å². The van der Waals surface area contributed by atoms with Crippen molar-refractivity contribution in [2.24, 2.45) is 0 Å². The minimum atomic E-state index is -0.0443. The summed E-state index contributed by atoms with van der Waals surface area (Å²) in [4.78, 5) is 0. The quantitative estimate of drug-likeness (QED) is 0.707. The lowest BCUT2D eigenvalue weighted by Crippen LogP contribution is -2.20. The minimum absolute atomic E-state index is 0.0443. The second kappa shape index (κ2) is 3.85. The van der Waals surface area contributed by atoms with E-state index in [1.165, 1.54) is 0 Å². The summed E-state index contributed by atoms with van der Waals surface area (Å²) in [6, 6.07) is 0.394. The van der Waals surface area contributed by atoms with Gasteiger partial charge in [-0.3, -0.25) is 0 Å². The van der Waals surface area contributed by atoms with E-state index in [-0.39, 0.29) is 6.61 Å². The van der Waals surface area contributed by atoms with E-state index in [0.717, 1.165) is 26.1 Å². The van der Waals surface area contributed by atoms with Crippen molar-refractivity contribution < 1.29 is 9.84 Å². The number of aromatic nitrogens is 3. The van der Waals surface area contributed by atoms with Gasteiger partial charge in [-0.15, -0.1) is 10.2 Å². The monoisotopic (exact) mass is 183 g/mol. The molecule has 1 aromatic heterocycles. The average molecular weight is 183 g/mol.